The smallest absolute Gasteiger partial charge is 0.134 e. The van der Waals surface area contributed by atoms with Crippen molar-refractivity contribution in [1.82, 2.24) is 0 Å². The van der Waals surface area contributed by atoms with E-state index < -0.39 is 0 Å². The van der Waals surface area contributed by atoms with Gasteiger partial charge in [0.05, 0.1) is 6.04 Å². The second kappa shape index (κ2) is 4.44. The van der Waals surface area contributed by atoms with Gasteiger partial charge in [-0.05, 0) is 37.6 Å². The summed E-state index contributed by atoms with van der Waals surface area (Å²) in [5.74, 6) is 1.68. The van der Waals surface area contributed by atoms with Gasteiger partial charge in [-0.25, -0.2) is 0 Å². The van der Waals surface area contributed by atoms with Crippen LogP contribution < -0.4 is 5.73 Å². The lowest BCUT2D eigenvalue weighted by molar-refractivity contribution is 0.491. The molecule has 0 aliphatic carbocycles. The van der Waals surface area contributed by atoms with Crippen LogP contribution in [-0.4, -0.2) is 0 Å². The van der Waals surface area contributed by atoms with Gasteiger partial charge in [-0.3, -0.25) is 0 Å². The minimum atomic E-state index is -0.0683. The third kappa shape index (κ3) is 2.06. The molecule has 1 heterocycles. The van der Waals surface area contributed by atoms with Crippen molar-refractivity contribution >= 4 is 15.9 Å². The van der Waals surface area contributed by atoms with Crippen molar-refractivity contribution < 1.29 is 4.42 Å². The molecular weight excluding hydrogens is 266 g/mol. The van der Waals surface area contributed by atoms with Crippen molar-refractivity contribution in [2.24, 2.45) is 5.73 Å². The second-order valence-corrected chi connectivity index (χ2v) is 4.76. The monoisotopic (exact) mass is 279 g/mol. The summed E-state index contributed by atoms with van der Waals surface area (Å²) < 4.78 is 6.81. The van der Waals surface area contributed by atoms with Crippen molar-refractivity contribution in [1.29, 1.82) is 0 Å². The van der Waals surface area contributed by atoms with Crippen LogP contribution in [0, 0.1) is 6.92 Å². The van der Waals surface area contributed by atoms with Gasteiger partial charge in [-0.2, -0.15) is 0 Å². The Balaban J connectivity index is 2.47. The molecule has 0 saturated carbocycles. The van der Waals surface area contributed by atoms with E-state index in [1.165, 1.54) is 5.56 Å². The highest BCUT2D eigenvalue weighted by Crippen LogP contribution is 2.30. The minimum absolute atomic E-state index is 0.0683. The summed E-state index contributed by atoms with van der Waals surface area (Å²) in [5, 5.41) is 0. The van der Waals surface area contributed by atoms with Crippen LogP contribution in [0.1, 0.15) is 24.3 Å². The fourth-order valence-corrected chi connectivity index (χ4v) is 1.98. The standard InChI is InChI=1S/C13H14BrNO/c1-8-10(4-3-5-11(8)14)13-7-6-12(16-13)9(2)15/h3-7,9H,15H2,1-2H3. The summed E-state index contributed by atoms with van der Waals surface area (Å²) in [7, 11) is 0. The molecule has 0 aliphatic heterocycles. The molecule has 0 amide bonds. The van der Waals surface area contributed by atoms with Crippen LogP contribution in [0.25, 0.3) is 11.3 Å². The normalized spacial score (nSPS) is 12.8. The fraction of sp³-hybridized carbons (Fsp3) is 0.231. The molecule has 0 aliphatic rings. The first-order valence-electron chi connectivity index (χ1n) is 5.20. The Kier molecular flexibility index (Phi) is 3.17. The Morgan fingerprint density at radius 2 is 2.00 bits per heavy atom. The number of nitrogens with two attached hydrogens (primary N) is 1. The van der Waals surface area contributed by atoms with E-state index in [9.17, 15) is 0 Å². The van der Waals surface area contributed by atoms with Gasteiger partial charge >= 0.3 is 0 Å². The van der Waals surface area contributed by atoms with Gasteiger partial charge < -0.3 is 10.2 Å². The van der Waals surface area contributed by atoms with Crippen LogP contribution in [0.4, 0.5) is 0 Å². The Hall–Kier alpha value is -1.06. The number of halogens is 1. The van der Waals surface area contributed by atoms with E-state index in [0.717, 1.165) is 21.6 Å². The molecule has 2 N–H and O–H groups in total. The highest BCUT2D eigenvalue weighted by molar-refractivity contribution is 9.10. The van der Waals surface area contributed by atoms with E-state index in [-0.39, 0.29) is 6.04 Å². The molecule has 2 rings (SSSR count). The summed E-state index contributed by atoms with van der Waals surface area (Å²) in [4.78, 5) is 0. The fourth-order valence-electron chi connectivity index (χ4n) is 1.62. The maximum absolute atomic E-state index is 5.77. The van der Waals surface area contributed by atoms with E-state index >= 15 is 0 Å². The van der Waals surface area contributed by atoms with Gasteiger partial charge in [0.1, 0.15) is 11.5 Å². The molecule has 1 aromatic carbocycles. The molecule has 2 nitrogen and oxygen atoms in total. The van der Waals surface area contributed by atoms with Crippen molar-refractivity contribution in [3.63, 3.8) is 0 Å². The first-order chi connectivity index (χ1) is 7.59. The molecule has 0 saturated heterocycles. The quantitative estimate of drug-likeness (QED) is 0.901. The molecule has 0 spiro atoms. The highest BCUT2D eigenvalue weighted by Gasteiger charge is 2.10. The van der Waals surface area contributed by atoms with E-state index in [0.29, 0.717) is 0 Å². The molecule has 84 valence electrons. The lowest BCUT2D eigenvalue weighted by atomic mass is 10.1. The second-order valence-electron chi connectivity index (χ2n) is 3.90. The van der Waals surface area contributed by atoms with Crippen LogP contribution in [0.5, 0.6) is 0 Å². The summed E-state index contributed by atoms with van der Waals surface area (Å²) >= 11 is 3.51. The largest absolute Gasteiger partial charge is 0.459 e. The molecule has 1 unspecified atom stereocenters. The van der Waals surface area contributed by atoms with Gasteiger partial charge in [0, 0.05) is 10.0 Å². The first kappa shape index (κ1) is 11.4. The van der Waals surface area contributed by atoms with Crippen LogP contribution in [0.3, 0.4) is 0 Å². The molecule has 2 aromatic rings. The molecule has 0 fully saturated rings. The average molecular weight is 280 g/mol. The number of benzene rings is 1. The summed E-state index contributed by atoms with van der Waals surface area (Å²) in [6, 6.07) is 9.90. The molecule has 0 radical (unpaired) electrons. The molecule has 3 heteroatoms. The molecule has 1 aromatic heterocycles. The van der Waals surface area contributed by atoms with Gasteiger partial charge in [-0.1, -0.05) is 28.1 Å². The van der Waals surface area contributed by atoms with Crippen LogP contribution in [0.15, 0.2) is 39.2 Å². The maximum Gasteiger partial charge on any atom is 0.134 e. The van der Waals surface area contributed by atoms with Crippen LogP contribution in [-0.2, 0) is 0 Å². The average Bonchev–Trinajstić information content (AvgIpc) is 2.71. The number of furan rings is 1. The predicted octanol–water partition coefficient (Wildman–Crippen LogP) is 4.04. The van der Waals surface area contributed by atoms with E-state index in [1.807, 2.05) is 37.3 Å². The zero-order chi connectivity index (χ0) is 11.7. The van der Waals surface area contributed by atoms with Crippen LogP contribution >= 0.6 is 15.9 Å². The number of hydrogen-bond acceptors (Lipinski definition) is 2. The molecule has 0 bridgehead atoms. The lowest BCUT2D eigenvalue weighted by Crippen LogP contribution is -2.02. The number of rotatable bonds is 2. The van der Waals surface area contributed by atoms with Crippen molar-refractivity contribution in [3.8, 4) is 11.3 Å². The summed E-state index contributed by atoms with van der Waals surface area (Å²) in [5.41, 5.74) is 8.04. The zero-order valence-corrected chi connectivity index (χ0v) is 10.9. The molecule has 1 atom stereocenters. The Morgan fingerprint density at radius 1 is 1.25 bits per heavy atom. The van der Waals surface area contributed by atoms with Gasteiger partial charge in [0.2, 0.25) is 0 Å². The first-order valence-corrected chi connectivity index (χ1v) is 5.99. The Bertz CT molecular complexity index is 502. The third-order valence-corrected chi connectivity index (χ3v) is 3.47. The SMILES string of the molecule is Cc1c(Br)cccc1-c1ccc(C(C)N)o1. The van der Waals surface area contributed by atoms with Crippen molar-refractivity contribution in [3.05, 3.63) is 46.1 Å². The highest BCUT2D eigenvalue weighted by atomic mass is 79.9. The van der Waals surface area contributed by atoms with Crippen LogP contribution in [0.2, 0.25) is 0 Å². The topological polar surface area (TPSA) is 39.2 Å². The molecule has 16 heavy (non-hydrogen) atoms. The van der Waals surface area contributed by atoms with Crippen molar-refractivity contribution in [2.45, 2.75) is 19.9 Å². The Labute approximate surface area is 104 Å². The summed E-state index contributed by atoms with van der Waals surface area (Å²) in [6.07, 6.45) is 0. The zero-order valence-electron chi connectivity index (χ0n) is 9.33. The minimum Gasteiger partial charge on any atom is -0.459 e. The van der Waals surface area contributed by atoms with Gasteiger partial charge in [0.25, 0.3) is 0 Å². The van der Waals surface area contributed by atoms with E-state index in [2.05, 4.69) is 22.9 Å². The maximum atomic E-state index is 5.77. The van der Waals surface area contributed by atoms with Gasteiger partial charge in [0.15, 0.2) is 0 Å². The molecular formula is C13H14BrNO. The van der Waals surface area contributed by atoms with E-state index in [1.54, 1.807) is 0 Å². The van der Waals surface area contributed by atoms with E-state index in [4.69, 9.17) is 10.2 Å². The third-order valence-electron chi connectivity index (χ3n) is 2.61. The lowest BCUT2D eigenvalue weighted by Gasteiger charge is -2.05. The Morgan fingerprint density at radius 3 is 2.62 bits per heavy atom. The summed E-state index contributed by atoms with van der Waals surface area (Å²) in [6.45, 7) is 3.98. The van der Waals surface area contributed by atoms with Gasteiger partial charge in [-0.15, -0.1) is 0 Å². The predicted molar refractivity (Wildman–Crippen MR) is 69.2 cm³/mol. The number of hydrogen-bond donors (Lipinski definition) is 1. The van der Waals surface area contributed by atoms with Crippen molar-refractivity contribution in [2.75, 3.05) is 0 Å².